The fraction of sp³-hybridized carbons (Fsp3) is 0.364. The smallest absolute Gasteiger partial charge is 0.340 e. The molecule has 16 heavy (non-hydrogen) atoms. The molecule has 1 aromatic carbocycles. The third kappa shape index (κ3) is 2.87. The standard InChI is InChI=1S/C11H15NO4/c1-2-15-11(14)8-4-3-5-9(10(8)12)16-7-6-13/h3-5,13H,2,6-7,12H2,1H3. The Hall–Kier alpha value is -1.75. The van der Waals surface area contributed by atoms with Gasteiger partial charge in [-0.3, -0.25) is 0 Å². The molecule has 3 N–H and O–H groups in total. The van der Waals surface area contributed by atoms with Crippen LogP contribution in [-0.4, -0.2) is 30.9 Å². The van der Waals surface area contributed by atoms with Gasteiger partial charge in [0.25, 0.3) is 0 Å². The summed E-state index contributed by atoms with van der Waals surface area (Å²) in [5.74, 6) is -0.103. The monoisotopic (exact) mass is 225 g/mol. The van der Waals surface area contributed by atoms with Crippen molar-refractivity contribution in [1.29, 1.82) is 0 Å². The minimum Gasteiger partial charge on any atom is -0.489 e. The van der Waals surface area contributed by atoms with E-state index in [1.807, 2.05) is 0 Å². The van der Waals surface area contributed by atoms with Crippen molar-refractivity contribution in [2.75, 3.05) is 25.6 Å². The third-order valence-corrected chi connectivity index (χ3v) is 1.91. The van der Waals surface area contributed by atoms with Gasteiger partial charge in [-0.05, 0) is 19.1 Å². The zero-order chi connectivity index (χ0) is 12.0. The highest BCUT2D eigenvalue weighted by molar-refractivity contribution is 5.96. The van der Waals surface area contributed by atoms with E-state index in [2.05, 4.69) is 0 Å². The number of benzene rings is 1. The van der Waals surface area contributed by atoms with Gasteiger partial charge in [0.2, 0.25) is 0 Å². The third-order valence-electron chi connectivity index (χ3n) is 1.91. The van der Waals surface area contributed by atoms with Gasteiger partial charge in [0.1, 0.15) is 12.4 Å². The number of hydrogen-bond acceptors (Lipinski definition) is 5. The van der Waals surface area contributed by atoms with Gasteiger partial charge in [0.15, 0.2) is 0 Å². The van der Waals surface area contributed by atoms with Crippen molar-refractivity contribution >= 4 is 11.7 Å². The average molecular weight is 225 g/mol. The van der Waals surface area contributed by atoms with Crippen LogP contribution in [0.2, 0.25) is 0 Å². The summed E-state index contributed by atoms with van der Waals surface area (Å²) in [5.41, 5.74) is 6.25. The van der Waals surface area contributed by atoms with Gasteiger partial charge in [0, 0.05) is 0 Å². The van der Waals surface area contributed by atoms with Crippen LogP contribution in [-0.2, 0) is 4.74 Å². The largest absolute Gasteiger partial charge is 0.489 e. The first kappa shape index (κ1) is 12.3. The van der Waals surface area contributed by atoms with Gasteiger partial charge >= 0.3 is 5.97 Å². The Kier molecular flexibility index (Phi) is 4.60. The molecule has 0 bridgehead atoms. The molecular weight excluding hydrogens is 210 g/mol. The summed E-state index contributed by atoms with van der Waals surface area (Å²) in [7, 11) is 0. The molecule has 0 aliphatic heterocycles. The van der Waals surface area contributed by atoms with E-state index in [9.17, 15) is 4.79 Å². The Bertz CT molecular complexity index is 365. The molecule has 0 amide bonds. The highest BCUT2D eigenvalue weighted by atomic mass is 16.5. The normalized spacial score (nSPS) is 9.88. The van der Waals surface area contributed by atoms with Gasteiger partial charge in [-0.25, -0.2) is 4.79 Å². The lowest BCUT2D eigenvalue weighted by Gasteiger charge is -2.10. The van der Waals surface area contributed by atoms with Crippen molar-refractivity contribution in [2.24, 2.45) is 0 Å². The van der Waals surface area contributed by atoms with Crippen LogP contribution in [0.15, 0.2) is 18.2 Å². The maximum atomic E-state index is 11.5. The number of aliphatic hydroxyl groups is 1. The molecule has 5 nitrogen and oxygen atoms in total. The van der Waals surface area contributed by atoms with Crippen LogP contribution in [0.1, 0.15) is 17.3 Å². The molecule has 0 aliphatic rings. The highest BCUT2D eigenvalue weighted by Gasteiger charge is 2.13. The predicted molar refractivity (Wildman–Crippen MR) is 59.4 cm³/mol. The van der Waals surface area contributed by atoms with E-state index in [0.717, 1.165) is 0 Å². The number of para-hydroxylation sites is 1. The van der Waals surface area contributed by atoms with Crippen LogP contribution < -0.4 is 10.5 Å². The molecule has 0 heterocycles. The quantitative estimate of drug-likeness (QED) is 0.572. The van der Waals surface area contributed by atoms with Crippen molar-refractivity contribution in [3.63, 3.8) is 0 Å². The van der Waals surface area contributed by atoms with Crippen molar-refractivity contribution < 1.29 is 19.4 Å². The fourth-order valence-corrected chi connectivity index (χ4v) is 1.21. The summed E-state index contributed by atoms with van der Waals surface area (Å²) in [5, 5.41) is 8.62. The summed E-state index contributed by atoms with van der Waals surface area (Å²) in [6.07, 6.45) is 0. The number of nitrogen functional groups attached to an aromatic ring is 1. The van der Waals surface area contributed by atoms with Gasteiger partial charge < -0.3 is 20.3 Å². The number of esters is 1. The first-order valence-electron chi connectivity index (χ1n) is 5.00. The van der Waals surface area contributed by atoms with Crippen molar-refractivity contribution in [3.05, 3.63) is 23.8 Å². The molecule has 0 radical (unpaired) electrons. The number of carbonyl (C=O) groups is 1. The highest BCUT2D eigenvalue weighted by Crippen LogP contribution is 2.25. The molecule has 5 heteroatoms. The molecule has 0 unspecified atom stereocenters. The molecule has 0 spiro atoms. The van der Waals surface area contributed by atoms with Gasteiger partial charge in [-0.2, -0.15) is 0 Å². The minimum atomic E-state index is -0.477. The van der Waals surface area contributed by atoms with E-state index in [0.29, 0.717) is 12.4 Å². The van der Waals surface area contributed by atoms with Crippen LogP contribution in [0, 0.1) is 0 Å². The topological polar surface area (TPSA) is 81.8 Å². The summed E-state index contributed by atoms with van der Waals surface area (Å²) >= 11 is 0. The molecule has 1 rings (SSSR count). The second-order valence-electron chi connectivity index (χ2n) is 3.01. The number of aliphatic hydroxyl groups excluding tert-OH is 1. The first-order valence-corrected chi connectivity index (χ1v) is 5.00. The molecule has 0 aliphatic carbocycles. The van der Waals surface area contributed by atoms with Crippen molar-refractivity contribution in [2.45, 2.75) is 6.92 Å². The number of ether oxygens (including phenoxy) is 2. The molecule has 0 atom stereocenters. The van der Waals surface area contributed by atoms with E-state index in [1.165, 1.54) is 0 Å². The Morgan fingerprint density at radius 3 is 2.88 bits per heavy atom. The van der Waals surface area contributed by atoms with Crippen LogP contribution in [0.5, 0.6) is 5.75 Å². The zero-order valence-corrected chi connectivity index (χ0v) is 9.10. The summed E-state index contributed by atoms with van der Waals surface area (Å²) in [6.45, 7) is 2.04. The van der Waals surface area contributed by atoms with Crippen LogP contribution in [0.25, 0.3) is 0 Å². The van der Waals surface area contributed by atoms with Crippen LogP contribution in [0.4, 0.5) is 5.69 Å². The van der Waals surface area contributed by atoms with E-state index < -0.39 is 5.97 Å². The number of hydrogen-bond donors (Lipinski definition) is 2. The Labute approximate surface area is 93.8 Å². The van der Waals surface area contributed by atoms with E-state index in [4.69, 9.17) is 20.3 Å². The maximum Gasteiger partial charge on any atom is 0.340 e. The van der Waals surface area contributed by atoms with Gasteiger partial charge in [-0.15, -0.1) is 0 Å². The number of anilines is 1. The van der Waals surface area contributed by atoms with E-state index in [-0.39, 0.29) is 24.5 Å². The first-order chi connectivity index (χ1) is 7.70. The average Bonchev–Trinajstić information content (AvgIpc) is 2.28. The maximum absolute atomic E-state index is 11.5. The lowest BCUT2D eigenvalue weighted by atomic mass is 10.1. The molecule has 0 fully saturated rings. The lowest BCUT2D eigenvalue weighted by molar-refractivity contribution is 0.0527. The van der Waals surface area contributed by atoms with Gasteiger partial charge in [-0.1, -0.05) is 6.07 Å². The van der Waals surface area contributed by atoms with Crippen LogP contribution in [0.3, 0.4) is 0 Å². The summed E-state index contributed by atoms with van der Waals surface area (Å²) in [4.78, 5) is 11.5. The molecule has 88 valence electrons. The molecule has 1 aromatic rings. The van der Waals surface area contributed by atoms with Crippen molar-refractivity contribution in [3.8, 4) is 5.75 Å². The summed E-state index contributed by atoms with van der Waals surface area (Å²) in [6, 6.07) is 4.85. The summed E-state index contributed by atoms with van der Waals surface area (Å²) < 4.78 is 10.0. The Morgan fingerprint density at radius 1 is 1.50 bits per heavy atom. The fourth-order valence-electron chi connectivity index (χ4n) is 1.21. The van der Waals surface area contributed by atoms with Crippen molar-refractivity contribution in [1.82, 2.24) is 0 Å². The molecule has 0 saturated heterocycles. The Morgan fingerprint density at radius 2 is 2.25 bits per heavy atom. The van der Waals surface area contributed by atoms with Gasteiger partial charge in [0.05, 0.1) is 24.5 Å². The SMILES string of the molecule is CCOC(=O)c1cccc(OCCO)c1N. The zero-order valence-electron chi connectivity index (χ0n) is 9.10. The lowest BCUT2D eigenvalue weighted by Crippen LogP contribution is -2.10. The van der Waals surface area contributed by atoms with E-state index >= 15 is 0 Å². The van der Waals surface area contributed by atoms with E-state index in [1.54, 1.807) is 25.1 Å². The second kappa shape index (κ2) is 5.97. The molecule has 0 aromatic heterocycles. The predicted octanol–water partition coefficient (Wildman–Crippen LogP) is 0.817. The minimum absolute atomic E-state index is 0.108. The number of nitrogens with two attached hydrogens (primary N) is 1. The molecule has 0 saturated carbocycles. The number of carbonyl (C=O) groups excluding carboxylic acids is 1. The number of rotatable bonds is 5. The molecular formula is C11H15NO4. The van der Waals surface area contributed by atoms with Crippen LogP contribution >= 0.6 is 0 Å². The second-order valence-corrected chi connectivity index (χ2v) is 3.01. The Balaban J connectivity index is 2.89.